The van der Waals surface area contributed by atoms with E-state index in [1.807, 2.05) is 0 Å². The van der Waals surface area contributed by atoms with Crippen LogP contribution in [-0.2, 0) is 14.6 Å². The van der Waals surface area contributed by atoms with E-state index in [0.29, 0.717) is 5.25 Å². The van der Waals surface area contributed by atoms with Crippen molar-refractivity contribution in [1.29, 1.82) is 0 Å². The van der Waals surface area contributed by atoms with Crippen molar-refractivity contribution in [2.75, 3.05) is 5.75 Å². The first kappa shape index (κ1) is 19.8. The Morgan fingerprint density at radius 1 is 1.04 bits per heavy atom. The van der Waals surface area contributed by atoms with Crippen LogP contribution in [-0.4, -0.2) is 41.3 Å². The molecule has 1 aromatic heterocycles. The summed E-state index contributed by atoms with van der Waals surface area (Å²) in [6.45, 7) is 0. The van der Waals surface area contributed by atoms with E-state index in [2.05, 4.69) is 15.3 Å². The number of sulfone groups is 1. The molecule has 1 fully saturated rings. The van der Waals surface area contributed by atoms with Gasteiger partial charge in [0, 0.05) is 30.1 Å². The fourth-order valence-corrected chi connectivity index (χ4v) is 5.40. The minimum atomic E-state index is -3.42. The molecule has 144 valence electrons. The number of thioether (sulfide) groups is 1. The van der Waals surface area contributed by atoms with Gasteiger partial charge in [0.25, 0.3) is 0 Å². The Kier molecular flexibility index (Phi) is 6.84. The fraction of sp³-hybridized carbons (Fsp3) is 0.421. The minimum Gasteiger partial charge on any atom is -0.353 e. The van der Waals surface area contributed by atoms with Crippen molar-refractivity contribution in [2.45, 2.75) is 53.4 Å². The third kappa shape index (κ3) is 6.04. The zero-order chi connectivity index (χ0) is 19.1. The normalized spacial score (nSPS) is 20.1. The third-order valence-electron chi connectivity index (χ3n) is 4.55. The summed E-state index contributed by atoms with van der Waals surface area (Å²) < 4.78 is 24.5. The predicted molar refractivity (Wildman–Crippen MR) is 105 cm³/mol. The van der Waals surface area contributed by atoms with E-state index >= 15 is 0 Å². The molecular formula is C19H23N3O3S2. The molecule has 2 aromatic rings. The van der Waals surface area contributed by atoms with Crippen molar-refractivity contribution in [3.8, 4) is 0 Å². The van der Waals surface area contributed by atoms with Crippen LogP contribution >= 0.6 is 11.8 Å². The zero-order valence-electron chi connectivity index (χ0n) is 15.0. The molecule has 8 heteroatoms. The van der Waals surface area contributed by atoms with E-state index in [4.69, 9.17) is 0 Å². The lowest BCUT2D eigenvalue weighted by molar-refractivity contribution is -0.121. The molecule has 1 saturated carbocycles. The van der Waals surface area contributed by atoms with Crippen LogP contribution in [0.2, 0.25) is 0 Å². The molecule has 0 aliphatic heterocycles. The van der Waals surface area contributed by atoms with Crippen LogP contribution in [0.25, 0.3) is 0 Å². The molecule has 6 nitrogen and oxygen atoms in total. The average Bonchev–Trinajstić information content (AvgIpc) is 2.70. The van der Waals surface area contributed by atoms with Crippen molar-refractivity contribution in [3.05, 3.63) is 48.8 Å². The second kappa shape index (κ2) is 9.32. The second-order valence-corrected chi connectivity index (χ2v) is 9.95. The maximum Gasteiger partial charge on any atom is 0.221 e. The van der Waals surface area contributed by atoms with Crippen molar-refractivity contribution >= 4 is 27.5 Å². The van der Waals surface area contributed by atoms with Gasteiger partial charge in [-0.05, 0) is 43.9 Å². The largest absolute Gasteiger partial charge is 0.353 e. The van der Waals surface area contributed by atoms with E-state index < -0.39 is 9.84 Å². The van der Waals surface area contributed by atoms with Crippen molar-refractivity contribution in [3.63, 3.8) is 0 Å². The molecule has 1 aromatic carbocycles. The summed E-state index contributed by atoms with van der Waals surface area (Å²) in [6.07, 6.45) is 7.22. The van der Waals surface area contributed by atoms with Gasteiger partial charge in [-0.15, -0.1) is 0 Å². The number of rotatable bonds is 7. The quantitative estimate of drug-likeness (QED) is 0.713. The summed E-state index contributed by atoms with van der Waals surface area (Å²) in [4.78, 5) is 20.9. The monoisotopic (exact) mass is 405 g/mol. The highest BCUT2D eigenvalue weighted by Crippen LogP contribution is 2.31. The number of nitrogens with zero attached hydrogens (tertiary/aromatic N) is 2. The summed E-state index contributed by atoms with van der Waals surface area (Å²) in [5.74, 6) is -0.364. The molecular weight excluding hydrogens is 382 g/mol. The average molecular weight is 406 g/mol. The van der Waals surface area contributed by atoms with Crippen LogP contribution in [0.4, 0.5) is 0 Å². The van der Waals surface area contributed by atoms with Crippen LogP contribution in [0.1, 0.15) is 32.1 Å². The molecule has 1 heterocycles. The Hall–Kier alpha value is -1.93. The molecule has 0 spiro atoms. The van der Waals surface area contributed by atoms with E-state index in [9.17, 15) is 13.2 Å². The van der Waals surface area contributed by atoms with Gasteiger partial charge in [0.15, 0.2) is 15.0 Å². The van der Waals surface area contributed by atoms with Crippen LogP contribution in [0.3, 0.4) is 0 Å². The lowest BCUT2D eigenvalue weighted by Gasteiger charge is -2.28. The maximum atomic E-state index is 12.3. The fourth-order valence-electron chi connectivity index (χ4n) is 3.09. The summed E-state index contributed by atoms with van der Waals surface area (Å²) >= 11 is 1.68. The molecule has 1 amide bonds. The van der Waals surface area contributed by atoms with Gasteiger partial charge in [-0.25, -0.2) is 18.4 Å². The van der Waals surface area contributed by atoms with Gasteiger partial charge in [-0.3, -0.25) is 4.79 Å². The number of benzene rings is 1. The topological polar surface area (TPSA) is 89.0 Å². The zero-order valence-corrected chi connectivity index (χ0v) is 16.6. The number of carbonyl (C=O) groups excluding carboxylic acids is 1. The van der Waals surface area contributed by atoms with Gasteiger partial charge in [-0.2, -0.15) is 0 Å². The van der Waals surface area contributed by atoms with Gasteiger partial charge in [-0.1, -0.05) is 30.0 Å². The van der Waals surface area contributed by atoms with Gasteiger partial charge in [0.05, 0.1) is 10.6 Å². The Bertz CT molecular complexity index is 837. The van der Waals surface area contributed by atoms with Crippen LogP contribution in [0.15, 0.2) is 58.8 Å². The molecule has 0 atom stereocenters. The third-order valence-corrected chi connectivity index (χ3v) is 7.51. The van der Waals surface area contributed by atoms with Crippen LogP contribution < -0.4 is 5.32 Å². The standard InChI is InChI=1S/C19H23N3O3S2/c23-18(11-14-27(24,25)17-5-2-1-3-6-17)22-15-7-9-16(10-8-15)26-19-20-12-4-13-21-19/h1-6,12-13,15-16H,7-11,14H2,(H,22,23). The summed E-state index contributed by atoms with van der Waals surface area (Å²) in [7, 11) is -3.42. The number of hydrogen-bond acceptors (Lipinski definition) is 6. The molecule has 27 heavy (non-hydrogen) atoms. The Morgan fingerprint density at radius 3 is 2.37 bits per heavy atom. The Balaban J connectivity index is 1.41. The number of hydrogen-bond donors (Lipinski definition) is 1. The molecule has 0 saturated heterocycles. The van der Waals surface area contributed by atoms with Crippen molar-refractivity contribution < 1.29 is 13.2 Å². The van der Waals surface area contributed by atoms with Crippen molar-refractivity contribution in [2.24, 2.45) is 0 Å². The highest BCUT2D eigenvalue weighted by Gasteiger charge is 2.24. The maximum absolute atomic E-state index is 12.3. The number of amides is 1. The molecule has 1 aliphatic carbocycles. The van der Waals surface area contributed by atoms with Gasteiger partial charge < -0.3 is 5.32 Å². The van der Waals surface area contributed by atoms with Crippen LogP contribution in [0.5, 0.6) is 0 Å². The van der Waals surface area contributed by atoms with E-state index in [1.165, 1.54) is 0 Å². The number of nitrogens with one attached hydrogen (secondary N) is 1. The first-order valence-corrected chi connectivity index (χ1v) is 11.6. The highest BCUT2D eigenvalue weighted by molar-refractivity contribution is 7.99. The van der Waals surface area contributed by atoms with E-state index in [-0.39, 0.29) is 29.0 Å². The second-order valence-electron chi connectivity index (χ2n) is 6.57. The minimum absolute atomic E-state index is 0.0102. The first-order valence-electron chi connectivity index (χ1n) is 9.04. The lowest BCUT2D eigenvalue weighted by atomic mass is 9.95. The Morgan fingerprint density at radius 2 is 1.70 bits per heavy atom. The molecule has 0 bridgehead atoms. The predicted octanol–water partition coefficient (Wildman–Crippen LogP) is 2.86. The lowest BCUT2D eigenvalue weighted by Crippen LogP contribution is -2.38. The molecule has 0 radical (unpaired) electrons. The Labute approximate surface area is 164 Å². The highest BCUT2D eigenvalue weighted by atomic mass is 32.2. The molecule has 1 N–H and O–H groups in total. The number of carbonyl (C=O) groups is 1. The van der Waals surface area contributed by atoms with Gasteiger partial charge in [0.1, 0.15) is 0 Å². The smallest absolute Gasteiger partial charge is 0.221 e. The summed E-state index contributed by atoms with van der Waals surface area (Å²) in [5.41, 5.74) is 0. The first-order chi connectivity index (χ1) is 13.0. The number of aromatic nitrogens is 2. The van der Waals surface area contributed by atoms with E-state index in [1.54, 1.807) is 60.6 Å². The molecule has 3 rings (SSSR count). The van der Waals surface area contributed by atoms with Gasteiger partial charge in [0.2, 0.25) is 5.91 Å². The van der Waals surface area contributed by atoms with Gasteiger partial charge >= 0.3 is 0 Å². The summed E-state index contributed by atoms with van der Waals surface area (Å²) in [6, 6.07) is 10.2. The van der Waals surface area contributed by atoms with Crippen LogP contribution in [0, 0.1) is 0 Å². The van der Waals surface area contributed by atoms with E-state index in [0.717, 1.165) is 30.8 Å². The molecule has 0 unspecified atom stereocenters. The summed E-state index contributed by atoms with van der Waals surface area (Å²) in [5, 5.41) is 4.23. The SMILES string of the molecule is O=C(CCS(=O)(=O)c1ccccc1)NC1CCC(Sc2ncccn2)CC1. The molecule has 1 aliphatic rings. The van der Waals surface area contributed by atoms with Crippen molar-refractivity contribution in [1.82, 2.24) is 15.3 Å².